The maximum atomic E-state index is 5.87. The number of hydrogen-bond acceptors (Lipinski definition) is 2. The number of ether oxygens (including phenoxy) is 1. The molecule has 0 spiro atoms. The molecule has 1 aliphatic heterocycles. The van der Waals surface area contributed by atoms with E-state index in [4.69, 9.17) is 4.74 Å². The molecule has 1 N–H and O–H groups in total. The molecule has 0 saturated carbocycles. The molecule has 2 rings (SSSR count). The maximum Gasteiger partial charge on any atom is 0.0590 e. The van der Waals surface area contributed by atoms with Crippen molar-refractivity contribution in [2.24, 2.45) is 0 Å². The zero-order chi connectivity index (χ0) is 13.3. The van der Waals surface area contributed by atoms with Gasteiger partial charge in [0.15, 0.2) is 0 Å². The summed E-state index contributed by atoms with van der Waals surface area (Å²) in [6.07, 6.45) is 7.83. The molecule has 2 nitrogen and oxygen atoms in total. The van der Waals surface area contributed by atoms with Gasteiger partial charge in [0.25, 0.3) is 0 Å². The van der Waals surface area contributed by atoms with E-state index in [1.165, 1.54) is 37.7 Å². The predicted octanol–water partition coefficient (Wildman–Crippen LogP) is 3.56. The van der Waals surface area contributed by atoms with Crippen LogP contribution in [0.1, 0.15) is 44.6 Å². The Labute approximate surface area is 117 Å². The van der Waals surface area contributed by atoms with Crippen LogP contribution >= 0.6 is 0 Å². The van der Waals surface area contributed by atoms with Crippen molar-refractivity contribution in [3.05, 3.63) is 35.9 Å². The van der Waals surface area contributed by atoms with E-state index in [2.05, 4.69) is 42.6 Å². The Balaban J connectivity index is 1.78. The van der Waals surface area contributed by atoms with Gasteiger partial charge in [-0.25, -0.2) is 0 Å². The zero-order valence-corrected chi connectivity index (χ0v) is 12.1. The molecule has 1 heterocycles. The Morgan fingerprint density at radius 2 is 2.11 bits per heavy atom. The van der Waals surface area contributed by atoms with Crippen LogP contribution in [-0.2, 0) is 11.2 Å². The minimum Gasteiger partial charge on any atom is -0.378 e. The van der Waals surface area contributed by atoms with Crippen LogP contribution in [0, 0.1) is 0 Å². The number of benzene rings is 1. The first-order valence-electron chi connectivity index (χ1n) is 7.77. The summed E-state index contributed by atoms with van der Waals surface area (Å²) in [4.78, 5) is 0. The van der Waals surface area contributed by atoms with Gasteiger partial charge in [-0.15, -0.1) is 0 Å². The summed E-state index contributed by atoms with van der Waals surface area (Å²) in [6.45, 7) is 4.20. The van der Waals surface area contributed by atoms with E-state index >= 15 is 0 Å². The van der Waals surface area contributed by atoms with Crippen molar-refractivity contribution in [2.45, 2.75) is 57.6 Å². The largest absolute Gasteiger partial charge is 0.378 e. The average molecular weight is 261 g/mol. The van der Waals surface area contributed by atoms with E-state index < -0.39 is 0 Å². The van der Waals surface area contributed by atoms with Crippen LogP contribution in [0.25, 0.3) is 0 Å². The van der Waals surface area contributed by atoms with Crippen LogP contribution < -0.4 is 5.32 Å². The van der Waals surface area contributed by atoms with Gasteiger partial charge in [0.05, 0.1) is 6.10 Å². The zero-order valence-electron chi connectivity index (χ0n) is 12.1. The Bertz CT molecular complexity index is 332. The second-order valence-electron chi connectivity index (χ2n) is 5.50. The standard InChI is InChI=1S/C17H27NO/c1-2-18-16(14-17-10-6-7-13-19-17)12-11-15-8-4-3-5-9-15/h3-5,8-9,16-18H,2,6-7,10-14H2,1H3. The summed E-state index contributed by atoms with van der Waals surface area (Å²) < 4.78 is 5.87. The van der Waals surface area contributed by atoms with Crippen molar-refractivity contribution in [3.8, 4) is 0 Å². The predicted molar refractivity (Wildman–Crippen MR) is 80.4 cm³/mol. The van der Waals surface area contributed by atoms with Gasteiger partial charge in [-0.1, -0.05) is 37.3 Å². The first-order valence-corrected chi connectivity index (χ1v) is 7.77. The topological polar surface area (TPSA) is 21.3 Å². The van der Waals surface area contributed by atoms with Crippen LogP contribution in [0.4, 0.5) is 0 Å². The molecule has 1 aliphatic rings. The van der Waals surface area contributed by atoms with Gasteiger partial charge >= 0.3 is 0 Å². The third-order valence-corrected chi connectivity index (χ3v) is 3.94. The molecule has 2 atom stereocenters. The van der Waals surface area contributed by atoms with Gasteiger partial charge in [0.2, 0.25) is 0 Å². The van der Waals surface area contributed by atoms with E-state index in [0.717, 1.165) is 19.6 Å². The number of hydrogen-bond donors (Lipinski definition) is 1. The van der Waals surface area contributed by atoms with Crippen LogP contribution in [0.2, 0.25) is 0 Å². The number of rotatable bonds is 7. The maximum absolute atomic E-state index is 5.87. The van der Waals surface area contributed by atoms with Gasteiger partial charge in [-0.05, 0) is 50.6 Å². The molecule has 0 bridgehead atoms. The van der Waals surface area contributed by atoms with Crippen molar-refractivity contribution >= 4 is 0 Å². The smallest absolute Gasteiger partial charge is 0.0590 e. The quantitative estimate of drug-likeness (QED) is 0.810. The molecular formula is C17H27NO. The van der Waals surface area contributed by atoms with Crippen LogP contribution in [0.3, 0.4) is 0 Å². The van der Waals surface area contributed by atoms with Crippen LogP contribution in [-0.4, -0.2) is 25.3 Å². The van der Waals surface area contributed by atoms with Crippen molar-refractivity contribution < 1.29 is 4.74 Å². The van der Waals surface area contributed by atoms with E-state index in [1.54, 1.807) is 0 Å². The SMILES string of the molecule is CCNC(CCc1ccccc1)CC1CCCCO1. The minimum atomic E-state index is 0.480. The second-order valence-corrected chi connectivity index (χ2v) is 5.50. The first kappa shape index (κ1) is 14.5. The highest BCUT2D eigenvalue weighted by Gasteiger charge is 2.18. The molecule has 1 saturated heterocycles. The van der Waals surface area contributed by atoms with Gasteiger partial charge < -0.3 is 10.1 Å². The summed E-state index contributed by atoms with van der Waals surface area (Å²) in [5.41, 5.74) is 1.44. The highest BCUT2D eigenvalue weighted by atomic mass is 16.5. The monoisotopic (exact) mass is 261 g/mol. The summed E-state index contributed by atoms with van der Waals surface area (Å²) in [7, 11) is 0. The fourth-order valence-electron chi connectivity index (χ4n) is 2.89. The van der Waals surface area contributed by atoms with Gasteiger partial charge in [-0.3, -0.25) is 0 Å². The highest BCUT2D eigenvalue weighted by molar-refractivity contribution is 5.14. The molecule has 0 aliphatic carbocycles. The van der Waals surface area contributed by atoms with E-state index in [1.807, 2.05) is 0 Å². The minimum absolute atomic E-state index is 0.480. The molecule has 0 amide bonds. The summed E-state index contributed by atoms with van der Waals surface area (Å²) >= 11 is 0. The fourth-order valence-corrected chi connectivity index (χ4v) is 2.89. The van der Waals surface area contributed by atoms with Crippen molar-refractivity contribution in [1.82, 2.24) is 5.32 Å². The molecule has 106 valence electrons. The Morgan fingerprint density at radius 1 is 1.26 bits per heavy atom. The lowest BCUT2D eigenvalue weighted by Crippen LogP contribution is -2.35. The molecule has 2 unspecified atom stereocenters. The van der Waals surface area contributed by atoms with Gasteiger partial charge in [0, 0.05) is 12.6 Å². The normalized spacial score (nSPS) is 21.2. The highest BCUT2D eigenvalue weighted by Crippen LogP contribution is 2.19. The molecule has 2 heteroatoms. The summed E-state index contributed by atoms with van der Waals surface area (Å²) in [5, 5.41) is 3.62. The molecular weight excluding hydrogens is 234 g/mol. The first-order chi connectivity index (χ1) is 9.38. The molecule has 0 aromatic heterocycles. The summed E-state index contributed by atoms with van der Waals surface area (Å²) in [6, 6.07) is 11.4. The fraction of sp³-hybridized carbons (Fsp3) is 0.647. The molecule has 19 heavy (non-hydrogen) atoms. The van der Waals surface area contributed by atoms with E-state index in [0.29, 0.717) is 12.1 Å². The van der Waals surface area contributed by atoms with Crippen LogP contribution in [0.5, 0.6) is 0 Å². The second kappa shape index (κ2) is 8.34. The lowest BCUT2D eigenvalue weighted by molar-refractivity contribution is 0.00484. The van der Waals surface area contributed by atoms with E-state index in [-0.39, 0.29) is 0 Å². The lowest BCUT2D eigenvalue weighted by atomic mass is 9.97. The van der Waals surface area contributed by atoms with E-state index in [9.17, 15) is 0 Å². The van der Waals surface area contributed by atoms with Crippen molar-refractivity contribution in [3.63, 3.8) is 0 Å². The Hall–Kier alpha value is -0.860. The van der Waals surface area contributed by atoms with Crippen LogP contribution in [0.15, 0.2) is 30.3 Å². The Kier molecular flexibility index (Phi) is 6.38. The third-order valence-electron chi connectivity index (χ3n) is 3.94. The number of aryl methyl sites for hydroxylation is 1. The van der Waals surface area contributed by atoms with Crippen molar-refractivity contribution in [1.29, 1.82) is 0 Å². The third kappa shape index (κ3) is 5.33. The molecule has 1 aromatic carbocycles. The number of nitrogens with one attached hydrogen (secondary N) is 1. The lowest BCUT2D eigenvalue weighted by Gasteiger charge is -2.27. The van der Waals surface area contributed by atoms with Gasteiger partial charge in [0.1, 0.15) is 0 Å². The summed E-state index contributed by atoms with van der Waals surface area (Å²) in [5.74, 6) is 0. The average Bonchev–Trinajstić information content (AvgIpc) is 2.47. The molecule has 0 radical (unpaired) electrons. The van der Waals surface area contributed by atoms with Gasteiger partial charge in [-0.2, -0.15) is 0 Å². The Morgan fingerprint density at radius 3 is 2.79 bits per heavy atom. The molecule has 1 fully saturated rings. The van der Waals surface area contributed by atoms with Crippen molar-refractivity contribution in [2.75, 3.05) is 13.2 Å². The molecule has 1 aromatic rings.